The molecule has 3 aromatic rings. The fourth-order valence-electron chi connectivity index (χ4n) is 3.51. The molecule has 0 radical (unpaired) electrons. The van der Waals surface area contributed by atoms with Crippen LogP contribution >= 0.6 is 0 Å². The second kappa shape index (κ2) is 12.5. The summed E-state index contributed by atoms with van der Waals surface area (Å²) in [4.78, 5) is 26.2. The van der Waals surface area contributed by atoms with Crippen LogP contribution in [0, 0.1) is 0 Å². The van der Waals surface area contributed by atoms with Crippen LogP contribution in [-0.2, 0) is 4.74 Å². The highest BCUT2D eigenvalue weighted by Gasteiger charge is 2.14. The molecule has 0 saturated heterocycles. The molecule has 4 rings (SSSR count). The number of hydrogen-bond acceptors (Lipinski definition) is 8. The lowest BCUT2D eigenvalue weighted by atomic mass is 10.1. The number of ether oxygens (including phenoxy) is 2. The largest absolute Gasteiger partial charge is 0.477 e. The summed E-state index contributed by atoms with van der Waals surface area (Å²) in [6, 6.07) is 8.41. The van der Waals surface area contributed by atoms with Gasteiger partial charge in [0.15, 0.2) is 5.69 Å². The molecule has 2 heterocycles. The third kappa shape index (κ3) is 6.77. The molecule has 184 valence electrons. The van der Waals surface area contributed by atoms with E-state index in [2.05, 4.69) is 44.4 Å². The molecule has 2 N–H and O–H groups in total. The number of nitrogens with zero attached hydrogens (tertiary/aromatic N) is 4. The lowest BCUT2D eigenvalue weighted by molar-refractivity contribution is 0.0690. The molecule has 0 atom stereocenters. The molecule has 1 aliphatic rings. The lowest BCUT2D eigenvalue weighted by Crippen LogP contribution is -2.26. The molecule has 0 unspecified atom stereocenters. The van der Waals surface area contributed by atoms with E-state index in [0.29, 0.717) is 24.1 Å². The molecule has 2 aromatic heterocycles. The van der Waals surface area contributed by atoms with Crippen molar-refractivity contribution in [2.45, 2.75) is 26.7 Å². The summed E-state index contributed by atoms with van der Waals surface area (Å²) < 4.78 is 11.0. The second-order valence-corrected chi connectivity index (χ2v) is 7.54. The number of fused-ring (bicyclic) bond motifs is 1. The van der Waals surface area contributed by atoms with E-state index in [0.717, 1.165) is 36.0 Å². The average Bonchev–Trinajstić information content (AvgIpc) is 2.89. The maximum absolute atomic E-state index is 11.1. The third-order valence-corrected chi connectivity index (χ3v) is 5.22. The molecular weight excluding hydrogens is 446 g/mol. The van der Waals surface area contributed by atoms with Crippen LogP contribution in [0.25, 0.3) is 10.9 Å². The fraction of sp³-hybridized carbons (Fsp3) is 0.308. The number of anilines is 1. The number of methoxy groups -OCH3 is 1. The number of pyridine rings is 1. The van der Waals surface area contributed by atoms with E-state index >= 15 is 0 Å². The highest BCUT2D eigenvalue weighted by atomic mass is 16.5. The molecule has 1 aliphatic carbocycles. The van der Waals surface area contributed by atoms with Gasteiger partial charge in [0.05, 0.1) is 17.8 Å². The number of benzene rings is 1. The lowest BCUT2D eigenvalue weighted by Gasteiger charge is -2.27. The Morgan fingerprint density at radius 1 is 1.17 bits per heavy atom. The van der Waals surface area contributed by atoms with Crippen molar-refractivity contribution in [2.24, 2.45) is 0 Å². The van der Waals surface area contributed by atoms with E-state index in [4.69, 9.17) is 14.6 Å². The normalized spacial score (nSPS) is 12.7. The monoisotopic (exact) mass is 477 g/mol. The van der Waals surface area contributed by atoms with Gasteiger partial charge in [0.2, 0.25) is 5.95 Å². The van der Waals surface area contributed by atoms with Crippen molar-refractivity contribution in [3.8, 4) is 11.5 Å². The van der Waals surface area contributed by atoms with Gasteiger partial charge >= 0.3 is 5.97 Å². The van der Waals surface area contributed by atoms with Crippen molar-refractivity contribution >= 4 is 22.8 Å². The minimum Gasteiger partial charge on any atom is -0.477 e. The Bertz CT molecular complexity index is 1230. The Labute approximate surface area is 205 Å². The second-order valence-electron chi connectivity index (χ2n) is 7.54. The SMILES string of the molecule is CC.COCCN(C)C1=C(Nc2ncc3cc(Oc4ccnc(C(=O)O)c4)ccc3n2)C=CCC1. The first kappa shape index (κ1) is 25.6. The molecule has 1 aromatic carbocycles. The Balaban J connectivity index is 0.00000167. The van der Waals surface area contributed by atoms with Gasteiger partial charge in [0, 0.05) is 50.2 Å². The van der Waals surface area contributed by atoms with E-state index in [1.807, 2.05) is 26.0 Å². The van der Waals surface area contributed by atoms with Crippen LogP contribution in [0.4, 0.5) is 5.95 Å². The van der Waals surface area contributed by atoms with E-state index in [9.17, 15) is 4.79 Å². The Hall–Kier alpha value is -3.98. The summed E-state index contributed by atoms with van der Waals surface area (Å²) in [6.07, 6.45) is 9.25. The number of aromatic nitrogens is 3. The van der Waals surface area contributed by atoms with Gasteiger partial charge in [-0.05, 0) is 43.2 Å². The van der Waals surface area contributed by atoms with Crippen molar-refractivity contribution < 1.29 is 19.4 Å². The van der Waals surface area contributed by atoms with Crippen LogP contribution in [0.3, 0.4) is 0 Å². The number of carboxylic acids is 1. The zero-order chi connectivity index (χ0) is 25.2. The van der Waals surface area contributed by atoms with Gasteiger partial charge < -0.3 is 24.8 Å². The van der Waals surface area contributed by atoms with Gasteiger partial charge in [0.1, 0.15) is 11.5 Å². The number of rotatable bonds is 9. The van der Waals surface area contributed by atoms with Crippen LogP contribution in [0.15, 0.2) is 66.3 Å². The molecule has 9 heteroatoms. The predicted octanol–water partition coefficient (Wildman–Crippen LogP) is 5.09. The molecule has 0 spiro atoms. The minimum atomic E-state index is -1.11. The quantitative estimate of drug-likeness (QED) is 0.435. The van der Waals surface area contributed by atoms with Crippen molar-refractivity contribution in [1.82, 2.24) is 19.9 Å². The smallest absolute Gasteiger partial charge is 0.354 e. The molecule has 9 nitrogen and oxygen atoms in total. The molecule has 35 heavy (non-hydrogen) atoms. The standard InChI is InChI=1S/C24H25N5O4.C2H6/c1-29(11-12-32-2)22-6-4-3-5-20(22)28-24-26-15-16-13-17(7-8-19(16)27-24)33-18-9-10-25-21(14-18)23(30)31;1-2/h3,5,7-10,13-15H,4,6,11-12H2,1-2H3,(H,30,31)(H,26,27,28);1-2H3. The highest BCUT2D eigenvalue weighted by Crippen LogP contribution is 2.27. The van der Waals surface area contributed by atoms with Crippen molar-refractivity contribution in [3.63, 3.8) is 0 Å². The first-order chi connectivity index (χ1) is 17.0. The zero-order valence-electron chi connectivity index (χ0n) is 20.5. The summed E-state index contributed by atoms with van der Waals surface area (Å²) in [5.41, 5.74) is 2.85. The first-order valence-corrected chi connectivity index (χ1v) is 11.5. The van der Waals surface area contributed by atoms with Crippen LogP contribution in [0.2, 0.25) is 0 Å². The number of carbonyl (C=O) groups is 1. The van der Waals surface area contributed by atoms with Crippen LogP contribution < -0.4 is 10.1 Å². The fourth-order valence-corrected chi connectivity index (χ4v) is 3.51. The van der Waals surface area contributed by atoms with Gasteiger partial charge in [0.25, 0.3) is 0 Å². The number of hydrogen-bond donors (Lipinski definition) is 2. The first-order valence-electron chi connectivity index (χ1n) is 11.5. The predicted molar refractivity (Wildman–Crippen MR) is 136 cm³/mol. The van der Waals surface area contributed by atoms with Crippen molar-refractivity contribution in [1.29, 1.82) is 0 Å². The third-order valence-electron chi connectivity index (χ3n) is 5.22. The van der Waals surface area contributed by atoms with Gasteiger partial charge in [-0.1, -0.05) is 19.9 Å². The van der Waals surface area contributed by atoms with Crippen LogP contribution in [0.1, 0.15) is 37.2 Å². The van der Waals surface area contributed by atoms with Gasteiger partial charge in [-0.3, -0.25) is 0 Å². The van der Waals surface area contributed by atoms with E-state index < -0.39 is 5.97 Å². The Morgan fingerprint density at radius 2 is 1.97 bits per heavy atom. The van der Waals surface area contributed by atoms with E-state index in [1.165, 1.54) is 18.0 Å². The number of nitrogens with one attached hydrogen (secondary N) is 1. The van der Waals surface area contributed by atoms with E-state index in [-0.39, 0.29) is 5.69 Å². The Morgan fingerprint density at radius 3 is 2.74 bits per heavy atom. The topological polar surface area (TPSA) is 110 Å². The number of carboxylic acid groups (broad SMARTS) is 1. The van der Waals surface area contributed by atoms with Crippen molar-refractivity contribution in [3.05, 3.63) is 72.0 Å². The van der Waals surface area contributed by atoms with Gasteiger partial charge in [-0.25, -0.2) is 19.7 Å². The molecule has 0 fully saturated rings. The highest BCUT2D eigenvalue weighted by molar-refractivity contribution is 5.85. The zero-order valence-corrected chi connectivity index (χ0v) is 20.5. The van der Waals surface area contributed by atoms with Crippen molar-refractivity contribution in [2.75, 3.05) is 32.6 Å². The molecular formula is C26H31N5O4. The maximum Gasteiger partial charge on any atom is 0.354 e. The van der Waals surface area contributed by atoms with Crippen LogP contribution in [-0.4, -0.2) is 58.2 Å². The average molecular weight is 478 g/mol. The molecule has 0 saturated carbocycles. The van der Waals surface area contributed by atoms with Gasteiger partial charge in [-0.2, -0.15) is 0 Å². The molecule has 0 aliphatic heterocycles. The summed E-state index contributed by atoms with van der Waals surface area (Å²) in [5.74, 6) is 0.343. The summed E-state index contributed by atoms with van der Waals surface area (Å²) in [6.45, 7) is 5.46. The summed E-state index contributed by atoms with van der Waals surface area (Å²) in [7, 11) is 3.76. The molecule has 0 amide bonds. The molecule has 0 bridgehead atoms. The minimum absolute atomic E-state index is 0.0781. The number of likely N-dealkylation sites (N-methyl/N-ethyl adjacent to an activating group) is 1. The van der Waals surface area contributed by atoms with Gasteiger partial charge in [-0.15, -0.1) is 0 Å². The number of allylic oxidation sites excluding steroid dienone is 3. The number of aromatic carboxylic acids is 1. The summed E-state index contributed by atoms with van der Waals surface area (Å²) in [5, 5.41) is 13.2. The van der Waals surface area contributed by atoms with E-state index in [1.54, 1.807) is 25.4 Å². The Kier molecular flexibility index (Phi) is 9.14. The van der Waals surface area contributed by atoms with Crippen LogP contribution in [0.5, 0.6) is 11.5 Å². The maximum atomic E-state index is 11.1. The summed E-state index contributed by atoms with van der Waals surface area (Å²) >= 11 is 0.